The minimum atomic E-state index is -0.996. The zero-order valence-electron chi connectivity index (χ0n) is 11.2. The molecule has 2 rings (SSSR count). The first-order valence-electron chi connectivity index (χ1n) is 6.34. The topological polar surface area (TPSA) is 65.9 Å². The summed E-state index contributed by atoms with van der Waals surface area (Å²) in [6, 6.07) is 5.44. The summed E-state index contributed by atoms with van der Waals surface area (Å²) >= 11 is 0. The standard InChI is InChI=1S/C13H19N3O3/c1-15(10-6-8-16(19-2)9-7-10)12-5-3-4-11(14-12)13(17)18/h3-5,10H,6-9H2,1-2H3,(H,17,18). The molecule has 1 N–H and O–H groups in total. The molecule has 2 heterocycles. The highest BCUT2D eigenvalue weighted by atomic mass is 16.7. The summed E-state index contributed by atoms with van der Waals surface area (Å²) in [5.74, 6) is -0.291. The zero-order valence-corrected chi connectivity index (χ0v) is 11.2. The number of carboxylic acid groups (broad SMARTS) is 1. The predicted octanol–water partition coefficient (Wildman–Crippen LogP) is 1.24. The number of aromatic nitrogens is 1. The third-order valence-electron chi connectivity index (χ3n) is 3.54. The highest BCUT2D eigenvalue weighted by Crippen LogP contribution is 2.20. The van der Waals surface area contributed by atoms with Crippen molar-refractivity contribution in [1.29, 1.82) is 0 Å². The molecule has 1 saturated heterocycles. The fraction of sp³-hybridized carbons (Fsp3) is 0.538. The van der Waals surface area contributed by atoms with Crippen LogP contribution in [0.1, 0.15) is 23.3 Å². The van der Waals surface area contributed by atoms with Gasteiger partial charge in [-0.15, -0.1) is 0 Å². The molecule has 19 heavy (non-hydrogen) atoms. The molecule has 1 aromatic heterocycles. The van der Waals surface area contributed by atoms with E-state index in [1.54, 1.807) is 13.2 Å². The van der Waals surface area contributed by atoms with E-state index in [-0.39, 0.29) is 5.69 Å². The Balaban J connectivity index is 2.05. The Hall–Kier alpha value is -1.66. The number of pyridine rings is 1. The van der Waals surface area contributed by atoms with Crippen LogP contribution in [0.3, 0.4) is 0 Å². The summed E-state index contributed by atoms with van der Waals surface area (Å²) in [4.78, 5) is 22.3. The minimum Gasteiger partial charge on any atom is -0.477 e. The van der Waals surface area contributed by atoms with Gasteiger partial charge < -0.3 is 14.8 Å². The fourth-order valence-electron chi connectivity index (χ4n) is 2.34. The number of aromatic carboxylic acids is 1. The molecular formula is C13H19N3O3. The van der Waals surface area contributed by atoms with Crippen LogP contribution in [0, 0.1) is 0 Å². The van der Waals surface area contributed by atoms with Gasteiger partial charge in [-0.2, -0.15) is 5.06 Å². The molecule has 1 aliphatic heterocycles. The predicted molar refractivity (Wildman–Crippen MR) is 71.2 cm³/mol. The van der Waals surface area contributed by atoms with Crippen LogP contribution in [-0.4, -0.2) is 54.4 Å². The van der Waals surface area contributed by atoms with Crippen molar-refractivity contribution in [3.63, 3.8) is 0 Å². The van der Waals surface area contributed by atoms with Crippen molar-refractivity contribution in [1.82, 2.24) is 10.0 Å². The maximum absolute atomic E-state index is 10.9. The molecule has 6 nitrogen and oxygen atoms in total. The Labute approximate surface area is 112 Å². The molecule has 104 valence electrons. The number of carbonyl (C=O) groups is 1. The average molecular weight is 265 g/mol. The molecule has 0 atom stereocenters. The zero-order chi connectivity index (χ0) is 13.8. The van der Waals surface area contributed by atoms with Crippen LogP contribution in [0.2, 0.25) is 0 Å². The summed E-state index contributed by atoms with van der Waals surface area (Å²) in [5.41, 5.74) is 0.0821. The molecular weight excluding hydrogens is 246 g/mol. The van der Waals surface area contributed by atoms with Crippen LogP contribution in [0.4, 0.5) is 5.82 Å². The molecule has 0 saturated carbocycles. The number of anilines is 1. The van der Waals surface area contributed by atoms with E-state index in [0.717, 1.165) is 25.9 Å². The molecule has 0 radical (unpaired) electrons. The molecule has 1 fully saturated rings. The monoisotopic (exact) mass is 265 g/mol. The molecule has 0 bridgehead atoms. The maximum Gasteiger partial charge on any atom is 0.354 e. The number of carboxylic acids is 1. The molecule has 6 heteroatoms. The van der Waals surface area contributed by atoms with Crippen LogP contribution >= 0.6 is 0 Å². The highest BCUT2D eigenvalue weighted by Gasteiger charge is 2.23. The lowest BCUT2D eigenvalue weighted by Gasteiger charge is -2.36. The van der Waals surface area contributed by atoms with Gasteiger partial charge in [0.2, 0.25) is 0 Å². The molecule has 0 aromatic carbocycles. The molecule has 0 spiro atoms. The van der Waals surface area contributed by atoms with E-state index >= 15 is 0 Å². The Kier molecular flexibility index (Phi) is 4.34. The van der Waals surface area contributed by atoms with Crippen molar-refractivity contribution in [3.8, 4) is 0 Å². The number of hydroxylamine groups is 2. The number of nitrogens with zero attached hydrogens (tertiary/aromatic N) is 3. The third-order valence-corrected chi connectivity index (χ3v) is 3.54. The fourth-order valence-corrected chi connectivity index (χ4v) is 2.34. The summed E-state index contributed by atoms with van der Waals surface area (Å²) in [6.45, 7) is 1.76. The van der Waals surface area contributed by atoms with Gasteiger partial charge in [0, 0.05) is 26.2 Å². The Morgan fingerprint density at radius 2 is 2.16 bits per heavy atom. The van der Waals surface area contributed by atoms with Gasteiger partial charge >= 0.3 is 5.97 Å². The SMILES string of the molecule is CON1CCC(N(C)c2cccc(C(=O)O)n2)CC1. The second-order valence-electron chi connectivity index (χ2n) is 4.64. The Morgan fingerprint density at radius 1 is 1.47 bits per heavy atom. The van der Waals surface area contributed by atoms with E-state index in [1.807, 2.05) is 18.2 Å². The van der Waals surface area contributed by atoms with Gasteiger partial charge in [0.05, 0.1) is 7.11 Å². The number of hydrogen-bond donors (Lipinski definition) is 1. The van der Waals surface area contributed by atoms with Crippen molar-refractivity contribution in [3.05, 3.63) is 23.9 Å². The summed E-state index contributed by atoms with van der Waals surface area (Å²) in [7, 11) is 3.64. The van der Waals surface area contributed by atoms with Gasteiger partial charge in [0.25, 0.3) is 0 Å². The van der Waals surface area contributed by atoms with Crippen LogP contribution in [-0.2, 0) is 4.84 Å². The van der Waals surface area contributed by atoms with Crippen molar-refractivity contribution in [2.24, 2.45) is 0 Å². The average Bonchev–Trinajstić information content (AvgIpc) is 2.46. The number of hydrogen-bond acceptors (Lipinski definition) is 5. The van der Waals surface area contributed by atoms with Crippen molar-refractivity contribution >= 4 is 11.8 Å². The first kappa shape index (κ1) is 13.8. The van der Waals surface area contributed by atoms with Crippen molar-refractivity contribution in [2.45, 2.75) is 18.9 Å². The molecule has 1 aliphatic rings. The van der Waals surface area contributed by atoms with Crippen LogP contribution in [0.25, 0.3) is 0 Å². The van der Waals surface area contributed by atoms with E-state index in [2.05, 4.69) is 9.88 Å². The molecule has 0 aliphatic carbocycles. The maximum atomic E-state index is 10.9. The largest absolute Gasteiger partial charge is 0.477 e. The second kappa shape index (κ2) is 5.99. The normalized spacial score (nSPS) is 17.4. The molecule has 0 unspecified atom stereocenters. The van der Waals surface area contributed by atoms with Gasteiger partial charge in [0.1, 0.15) is 5.82 Å². The van der Waals surface area contributed by atoms with E-state index < -0.39 is 5.97 Å². The van der Waals surface area contributed by atoms with Gasteiger partial charge in [-0.25, -0.2) is 9.78 Å². The highest BCUT2D eigenvalue weighted by molar-refractivity contribution is 5.85. The van der Waals surface area contributed by atoms with E-state index in [4.69, 9.17) is 9.94 Å². The van der Waals surface area contributed by atoms with Crippen molar-refractivity contribution in [2.75, 3.05) is 32.1 Å². The third kappa shape index (κ3) is 3.21. The Morgan fingerprint density at radius 3 is 2.74 bits per heavy atom. The lowest BCUT2D eigenvalue weighted by Crippen LogP contribution is -2.43. The van der Waals surface area contributed by atoms with Gasteiger partial charge in [-0.05, 0) is 25.0 Å². The second-order valence-corrected chi connectivity index (χ2v) is 4.64. The quantitative estimate of drug-likeness (QED) is 0.883. The van der Waals surface area contributed by atoms with Crippen LogP contribution in [0.5, 0.6) is 0 Å². The minimum absolute atomic E-state index is 0.0821. The summed E-state index contributed by atoms with van der Waals surface area (Å²) < 4.78 is 0. The van der Waals surface area contributed by atoms with E-state index in [1.165, 1.54) is 6.07 Å². The number of piperidine rings is 1. The lowest BCUT2D eigenvalue weighted by atomic mass is 10.1. The van der Waals surface area contributed by atoms with Gasteiger partial charge in [-0.1, -0.05) is 6.07 Å². The molecule has 1 aromatic rings. The first-order valence-corrected chi connectivity index (χ1v) is 6.34. The van der Waals surface area contributed by atoms with Gasteiger partial charge in [0.15, 0.2) is 5.69 Å². The first-order chi connectivity index (χ1) is 9.11. The van der Waals surface area contributed by atoms with Crippen LogP contribution in [0.15, 0.2) is 18.2 Å². The smallest absolute Gasteiger partial charge is 0.354 e. The van der Waals surface area contributed by atoms with Crippen LogP contribution < -0.4 is 4.90 Å². The Bertz CT molecular complexity index is 445. The van der Waals surface area contributed by atoms with E-state index in [0.29, 0.717) is 11.9 Å². The van der Waals surface area contributed by atoms with Gasteiger partial charge in [-0.3, -0.25) is 0 Å². The summed E-state index contributed by atoms with van der Waals surface area (Å²) in [6.07, 6.45) is 1.95. The van der Waals surface area contributed by atoms with E-state index in [9.17, 15) is 4.79 Å². The number of rotatable bonds is 4. The summed E-state index contributed by atoms with van der Waals surface area (Å²) in [5, 5.41) is 10.9. The van der Waals surface area contributed by atoms with Crippen molar-refractivity contribution < 1.29 is 14.7 Å². The molecule has 0 amide bonds. The lowest BCUT2D eigenvalue weighted by molar-refractivity contribution is -0.143.